The molecule has 158 valence electrons. The molecule has 7 nitrogen and oxygen atoms in total. The van der Waals surface area contributed by atoms with Gasteiger partial charge >= 0.3 is 11.9 Å². The Kier molecular flexibility index (Phi) is 9.63. The molecule has 3 rings (SSSR count). The molecule has 8 heteroatoms. The van der Waals surface area contributed by atoms with Gasteiger partial charge in [0.15, 0.2) is 0 Å². The minimum atomic E-state index is -1.82. The van der Waals surface area contributed by atoms with Gasteiger partial charge in [0.25, 0.3) is 0 Å². The maximum absolute atomic E-state index is 9.10. The number of aryl methyl sites for hydroxylation is 1. The van der Waals surface area contributed by atoms with E-state index in [0.717, 1.165) is 22.9 Å². The summed E-state index contributed by atoms with van der Waals surface area (Å²) in [5.74, 6) is -1.78. The number of benzene rings is 2. The lowest BCUT2D eigenvalue weighted by molar-refractivity contribution is -0.159. The molecule has 3 N–H and O–H groups in total. The highest BCUT2D eigenvalue weighted by Crippen LogP contribution is 2.26. The summed E-state index contributed by atoms with van der Waals surface area (Å²) in [6.45, 7) is 2.77. The molecule has 0 amide bonds. The second kappa shape index (κ2) is 12.5. The van der Waals surface area contributed by atoms with Gasteiger partial charge in [-0.05, 0) is 18.1 Å². The number of nitrogens with zero attached hydrogens (tertiary/aromatic N) is 1. The molecule has 1 heterocycles. The van der Waals surface area contributed by atoms with Gasteiger partial charge < -0.3 is 19.9 Å². The summed E-state index contributed by atoms with van der Waals surface area (Å²) in [5, 5.41) is 14.8. The highest BCUT2D eigenvalue weighted by atomic mass is 32.2. The Labute approximate surface area is 179 Å². The van der Waals surface area contributed by atoms with E-state index in [1.54, 1.807) is 6.33 Å². The number of carbonyl (C=O) groups is 2. The number of ether oxygens (including phenoxy) is 1. The lowest BCUT2D eigenvalue weighted by Crippen LogP contribution is -2.09. The van der Waals surface area contributed by atoms with Crippen molar-refractivity contribution in [3.05, 3.63) is 89.5 Å². The first-order chi connectivity index (χ1) is 14.5. The van der Waals surface area contributed by atoms with Gasteiger partial charge in [0.2, 0.25) is 0 Å². The van der Waals surface area contributed by atoms with Crippen LogP contribution in [-0.4, -0.2) is 44.5 Å². The maximum Gasteiger partial charge on any atom is 0.414 e. The first kappa shape index (κ1) is 23.2. The zero-order chi connectivity index (χ0) is 21.8. The quantitative estimate of drug-likeness (QED) is 0.368. The van der Waals surface area contributed by atoms with E-state index in [0.29, 0.717) is 6.61 Å². The third-order valence-corrected chi connectivity index (χ3v) is 5.01. The summed E-state index contributed by atoms with van der Waals surface area (Å²) in [4.78, 5) is 25.6. The van der Waals surface area contributed by atoms with Crippen molar-refractivity contribution in [3.63, 3.8) is 0 Å². The van der Waals surface area contributed by atoms with Crippen LogP contribution >= 0.6 is 11.8 Å². The number of hydrogen-bond donors (Lipinski definition) is 3. The largest absolute Gasteiger partial charge is 0.473 e. The number of carboxylic acid groups (broad SMARTS) is 2. The van der Waals surface area contributed by atoms with Crippen LogP contribution in [-0.2, 0) is 20.1 Å². The van der Waals surface area contributed by atoms with Crippen LogP contribution in [0.1, 0.15) is 28.6 Å². The summed E-state index contributed by atoms with van der Waals surface area (Å²) >= 11 is 1.85. The summed E-state index contributed by atoms with van der Waals surface area (Å²) in [6, 6.07) is 20.8. The van der Waals surface area contributed by atoms with Crippen molar-refractivity contribution in [2.24, 2.45) is 0 Å². The third-order valence-electron chi connectivity index (χ3n) is 4.07. The van der Waals surface area contributed by atoms with Crippen molar-refractivity contribution in [1.82, 2.24) is 9.97 Å². The molecule has 0 aliphatic carbocycles. The molecule has 0 unspecified atom stereocenters. The number of aliphatic carboxylic acids is 2. The fraction of sp³-hybridized carbons (Fsp3) is 0.227. The van der Waals surface area contributed by atoms with Crippen LogP contribution in [0, 0.1) is 6.92 Å². The number of carboxylic acids is 2. The van der Waals surface area contributed by atoms with Crippen molar-refractivity contribution in [2.75, 3.05) is 12.4 Å². The van der Waals surface area contributed by atoms with Crippen LogP contribution in [0.15, 0.2) is 67.0 Å². The van der Waals surface area contributed by atoms with Crippen LogP contribution in [0.5, 0.6) is 0 Å². The minimum absolute atomic E-state index is 0.0138. The van der Waals surface area contributed by atoms with E-state index in [4.69, 9.17) is 24.5 Å². The van der Waals surface area contributed by atoms with Crippen molar-refractivity contribution in [1.29, 1.82) is 0 Å². The standard InChI is InChI=1S/C20H22N2OS.C2H2O4/c1-16-19(22-15-21-16)14-24-13-12-23-20(17-8-4-2-5-9-17)18-10-6-3-7-11-18;3-1(4)2(5)6/h2-11,15,20H,12-14H2,1H3,(H,21,22);(H,3,4)(H,5,6). The lowest BCUT2D eigenvalue weighted by Gasteiger charge is -2.19. The SMILES string of the molecule is Cc1[nH]cnc1CSCCOC(c1ccccc1)c1ccccc1.O=C(O)C(=O)O. The Hall–Kier alpha value is -3.10. The second-order valence-electron chi connectivity index (χ2n) is 6.21. The molecule has 1 aromatic heterocycles. The van der Waals surface area contributed by atoms with Crippen molar-refractivity contribution in [2.45, 2.75) is 18.8 Å². The van der Waals surface area contributed by atoms with Crippen LogP contribution in [0.2, 0.25) is 0 Å². The normalized spacial score (nSPS) is 10.3. The average molecular weight is 429 g/mol. The van der Waals surface area contributed by atoms with E-state index in [9.17, 15) is 0 Å². The van der Waals surface area contributed by atoms with Crippen molar-refractivity contribution < 1.29 is 24.5 Å². The molecule has 2 aromatic carbocycles. The zero-order valence-electron chi connectivity index (χ0n) is 16.5. The Morgan fingerprint density at radius 2 is 1.53 bits per heavy atom. The second-order valence-corrected chi connectivity index (χ2v) is 7.31. The van der Waals surface area contributed by atoms with Gasteiger partial charge in [0.1, 0.15) is 6.10 Å². The molecular weight excluding hydrogens is 404 g/mol. The molecule has 0 atom stereocenters. The zero-order valence-corrected chi connectivity index (χ0v) is 17.3. The minimum Gasteiger partial charge on any atom is -0.473 e. The molecule has 0 bridgehead atoms. The van der Waals surface area contributed by atoms with E-state index in [-0.39, 0.29) is 6.10 Å². The third kappa shape index (κ3) is 7.73. The average Bonchev–Trinajstić information content (AvgIpc) is 3.17. The van der Waals surface area contributed by atoms with Crippen LogP contribution in [0.25, 0.3) is 0 Å². The smallest absolute Gasteiger partial charge is 0.414 e. The molecule has 3 aromatic rings. The highest BCUT2D eigenvalue weighted by Gasteiger charge is 2.14. The van der Waals surface area contributed by atoms with E-state index >= 15 is 0 Å². The summed E-state index contributed by atoms with van der Waals surface area (Å²) in [6.07, 6.45) is 1.74. The molecule has 0 spiro atoms. The number of nitrogens with one attached hydrogen (secondary N) is 1. The van der Waals surface area contributed by atoms with Gasteiger partial charge in [-0.1, -0.05) is 60.7 Å². The van der Waals surface area contributed by atoms with Crippen molar-refractivity contribution in [3.8, 4) is 0 Å². The van der Waals surface area contributed by atoms with Crippen LogP contribution < -0.4 is 0 Å². The fourth-order valence-corrected chi connectivity index (χ4v) is 3.41. The molecule has 0 aliphatic heterocycles. The Morgan fingerprint density at radius 1 is 1.00 bits per heavy atom. The number of aromatic nitrogens is 2. The molecule has 0 radical (unpaired) electrons. The van der Waals surface area contributed by atoms with Crippen LogP contribution in [0.3, 0.4) is 0 Å². The molecule has 0 saturated heterocycles. The van der Waals surface area contributed by atoms with E-state index in [1.165, 1.54) is 11.1 Å². The van der Waals surface area contributed by atoms with Crippen molar-refractivity contribution >= 4 is 23.7 Å². The summed E-state index contributed by atoms with van der Waals surface area (Å²) in [7, 11) is 0. The predicted molar refractivity (Wildman–Crippen MR) is 115 cm³/mol. The van der Waals surface area contributed by atoms with Gasteiger partial charge in [-0.3, -0.25) is 0 Å². The van der Waals surface area contributed by atoms with Gasteiger partial charge in [-0.2, -0.15) is 11.8 Å². The Bertz CT molecular complexity index is 864. The number of H-pyrrole nitrogens is 1. The Balaban J connectivity index is 0.000000469. The van der Waals surface area contributed by atoms with E-state index in [2.05, 4.69) is 65.4 Å². The number of rotatable bonds is 8. The first-order valence-corrected chi connectivity index (χ1v) is 10.4. The number of hydrogen-bond acceptors (Lipinski definition) is 5. The highest BCUT2D eigenvalue weighted by molar-refractivity contribution is 7.98. The number of imidazole rings is 1. The van der Waals surface area contributed by atoms with Gasteiger partial charge in [0, 0.05) is 17.2 Å². The summed E-state index contributed by atoms with van der Waals surface area (Å²) in [5.41, 5.74) is 4.66. The molecule has 0 saturated carbocycles. The number of aromatic amines is 1. The van der Waals surface area contributed by atoms with Crippen LogP contribution in [0.4, 0.5) is 0 Å². The van der Waals surface area contributed by atoms with E-state index < -0.39 is 11.9 Å². The van der Waals surface area contributed by atoms with Gasteiger partial charge in [-0.15, -0.1) is 0 Å². The monoisotopic (exact) mass is 428 g/mol. The number of thioether (sulfide) groups is 1. The van der Waals surface area contributed by atoms with Gasteiger partial charge in [0.05, 0.1) is 18.6 Å². The first-order valence-electron chi connectivity index (χ1n) is 9.23. The lowest BCUT2D eigenvalue weighted by atomic mass is 10.0. The molecular formula is C22H24N2O5S. The Morgan fingerprint density at radius 3 is 1.97 bits per heavy atom. The van der Waals surface area contributed by atoms with Gasteiger partial charge in [-0.25, -0.2) is 14.6 Å². The predicted octanol–water partition coefficient (Wildman–Crippen LogP) is 3.91. The topological polar surface area (TPSA) is 113 Å². The van der Waals surface area contributed by atoms with E-state index in [1.807, 2.05) is 23.9 Å². The fourth-order valence-electron chi connectivity index (χ4n) is 2.57. The summed E-state index contributed by atoms with van der Waals surface area (Å²) < 4.78 is 6.21. The molecule has 30 heavy (non-hydrogen) atoms. The molecule has 0 aliphatic rings. The molecule has 0 fully saturated rings. The maximum atomic E-state index is 9.10.